The van der Waals surface area contributed by atoms with Crippen molar-refractivity contribution in [1.29, 1.82) is 0 Å². The molecule has 3 aliphatic carbocycles. The van der Waals surface area contributed by atoms with Gasteiger partial charge in [0, 0.05) is 5.57 Å². The average Bonchev–Trinajstić information content (AvgIpc) is 2.87. The number of hydrogen-bond donors (Lipinski definition) is 0. The fourth-order valence-electron chi connectivity index (χ4n) is 3.87. The number of allylic oxidation sites excluding steroid dienone is 2. The normalized spacial score (nSPS) is 43.4. The number of esters is 1. The molecule has 0 N–H and O–H groups in total. The Morgan fingerprint density at radius 2 is 2.19 bits per heavy atom. The van der Waals surface area contributed by atoms with Crippen LogP contribution >= 0.6 is 0 Å². The summed E-state index contributed by atoms with van der Waals surface area (Å²) < 4.78 is 5.55. The smallest absolute Gasteiger partial charge is 0.333 e. The Bertz CT molecular complexity index is 369. The van der Waals surface area contributed by atoms with Crippen LogP contribution in [0.2, 0.25) is 0 Å². The van der Waals surface area contributed by atoms with E-state index in [1.165, 1.54) is 12.8 Å². The van der Waals surface area contributed by atoms with Gasteiger partial charge in [0.1, 0.15) is 6.10 Å². The molecule has 2 saturated carbocycles. The van der Waals surface area contributed by atoms with Gasteiger partial charge in [-0.15, -0.1) is 0 Å². The van der Waals surface area contributed by atoms with Gasteiger partial charge < -0.3 is 4.74 Å². The number of rotatable bonds is 2. The summed E-state index contributed by atoms with van der Waals surface area (Å²) in [5.41, 5.74) is 0.517. The van der Waals surface area contributed by atoms with Crippen molar-refractivity contribution in [3.63, 3.8) is 0 Å². The van der Waals surface area contributed by atoms with E-state index in [4.69, 9.17) is 4.74 Å². The van der Waals surface area contributed by atoms with Gasteiger partial charge in [0.25, 0.3) is 0 Å². The number of carbonyl (C=O) groups is 1. The summed E-state index contributed by atoms with van der Waals surface area (Å²) >= 11 is 0. The zero-order chi connectivity index (χ0) is 11.3. The van der Waals surface area contributed by atoms with Crippen molar-refractivity contribution in [3.8, 4) is 0 Å². The molecule has 0 aromatic heterocycles. The molecule has 2 fully saturated rings. The van der Waals surface area contributed by atoms with E-state index >= 15 is 0 Å². The quantitative estimate of drug-likeness (QED) is 0.404. The second-order valence-electron chi connectivity index (χ2n) is 5.52. The molecular formula is C14H18O2. The Labute approximate surface area is 96.4 Å². The van der Waals surface area contributed by atoms with Gasteiger partial charge in [0.2, 0.25) is 0 Å². The predicted molar refractivity (Wildman–Crippen MR) is 61.6 cm³/mol. The van der Waals surface area contributed by atoms with E-state index in [0.29, 0.717) is 11.5 Å². The Morgan fingerprint density at radius 1 is 1.38 bits per heavy atom. The molecule has 0 heterocycles. The maximum absolute atomic E-state index is 11.5. The standard InChI is InChI=1S/C14H18O2/c1-8(2)14(15)16-13-7-9-6-12(13)11-5-3-4-10(9)11/h3-4,9-13H,1,5-7H2,2H3/t9-,10?,11?,12-,13?/m1/s1. The molecular weight excluding hydrogens is 200 g/mol. The van der Waals surface area contributed by atoms with Crippen LogP contribution in [0.25, 0.3) is 0 Å². The van der Waals surface area contributed by atoms with E-state index in [1.807, 2.05) is 0 Å². The van der Waals surface area contributed by atoms with E-state index in [1.54, 1.807) is 6.92 Å². The molecule has 2 bridgehead atoms. The highest BCUT2D eigenvalue weighted by atomic mass is 16.5. The van der Waals surface area contributed by atoms with Crippen molar-refractivity contribution in [2.24, 2.45) is 23.7 Å². The lowest BCUT2D eigenvalue weighted by atomic mass is 9.80. The molecule has 0 aliphatic heterocycles. The van der Waals surface area contributed by atoms with Crippen LogP contribution in [0.3, 0.4) is 0 Å². The predicted octanol–water partition coefficient (Wildman–Crippen LogP) is 2.71. The summed E-state index contributed by atoms with van der Waals surface area (Å²) in [6.45, 7) is 5.36. The summed E-state index contributed by atoms with van der Waals surface area (Å²) in [4.78, 5) is 11.5. The number of carbonyl (C=O) groups excluding carboxylic acids is 1. The Kier molecular flexibility index (Phi) is 2.20. The van der Waals surface area contributed by atoms with Crippen molar-refractivity contribution in [2.75, 3.05) is 0 Å². The summed E-state index contributed by atoms with van der Waals surface area (Å²) in [6, 6.07) is 0. The maximum atomic E-state index is 11.5. The maximum Gasteiger partial charge on any atom is 0.333 e. The fraction of sp³-hybridized carbons (Fsp3) is 0.643. The van der Waals surface area contributed by atoms with Gasteiger partial charge in [0.15, 0.2) is 0 Å². The van der Waals surface area contributed by atoms with Crippen molar-refractivity contribution < 1.29 is 9.53 Å². The van der Waals surface area contributed by atoms with Gasteiger partial charge in [-0.05, 0) is 49.9 Å². The van der Waals surface area contributed by atoms with Crippen molar-refractivity contribution in [1.82, 2.24) is 0 Å². The average molecular weight is 218 g/mol. The minimum absolute atomic E-state index is 0.162. The van der Waals surface area contributed by atoms with Gasteiger partial charge in [-0.25, -0.2) is 4.79 Å². The molecule has 3 aliphatic rings. The summed E-state index contributed by atoms with van der Waals surface area (Å²) in [5.74, 6) is 2.69. The third-order valence-corrected chi connectivity index (χ3v) is 4.55. The fourth-order valence-corrected chi connectivity index (χ4v) is 3.87. The highest BCUT2D eigenvalue weighted by Gasteiger charge is 2.53. The molecule has 0 aromatic carbocycles. The van der Waals surface area contributed by atoms with Crippen molar-refractivity contribution in [2.45, 2.75) is 32.3 Å². The van der Waals surface area contributed by atoms with E-state index < -0.39 is 0 Å². The van der Waals surface area contributed by atoms with Crippen LogP contribution in [0, 0.1) is 23.7 Å². The van der Waals surface area contributed by atoms with Gasteiger partial charge in [-0.1, -0.05) is 18.7 Å². The molecule has 0 aromatic rings. The first-order chi connectivity index (χ1) is 7.66. The van der Waals surface area contributed by atoms with Gasteiger partial charge in [0.05, 0.1) is 0 Å². The highest BCUT2D eigenvalue weighted by molar-refractivity contribution is 5.87. The summed E-state index contributed by atoms with van der Waals surface area (Å²) in [6.07, 6.45) is 8.36. The van der Waals surface area contributed by atoms with E-state index in [-0.39, 0.29) is 12.1 Å². The molecule has 2 heteroatoms. The Hall–Kier alpha value is -1.05. The van der Waals surface area contributed by atoms with Gasteiger partial charge in [-0.2, -0.15) is 0 Å². The Morgan fingerprint density at radius 3 is 2.94 bits per heavy atom. The van der Waals surface area contributed by atoms with Crippen molar-refractivity contribution >= 4 is 5.97 Å². The second-order valence-corrected chi connectivity index (χ2v) is 5.52. The van der Waals surface area contributed by atoms with E-state index in [9.17, 15) is 4.79 Å². The molecule has 0 spiro atoms. The summed E-state index contributed by atoms with van der Waals surface area (Å²) in [7, 11) is 0. The molecule has 0 radical (unpaired) electrons. The lowest BCUT2D eigenvalue weighted by Gasteiger charge is -2.31. The van der Waals surface area contributed by atoms with Crippen LogP contribution in [0.4, 0.5) is 0 Å². The van der Waals surface area contributed by atoms with Gasteiger partial charge in [-0.3, -0.25) is 0 Å². The number of fused-ring (bicyclic) bond motifs is 5. The van der Waals surface area contributed by atoms with E-state index in [2.05, 4.69) is 18.7 Å². The lowest BCUT2D eigenvalue weighted by Crippen LogP contribution is -2.32. The largest absolute Gasteiger partial charge is 0.459 e. The Balaban J connectivity index is 1.69. The van der Waals surface area contributed by atoms with Gasteiger partial charge >= 0.3 is 5.97 Å². The molecule has 0 saturated heterocycles. The number of hydrogen-bond acceptors (Lipinski definition) is 2. The lowest BCUT2D eigenvalue weighted by molar-refractivity contribution is -0.148. The number of ether oxygens (including phenoxy) is 1. The zero-order valence-electron chi connectivity index (χ0n) is 9.69. The molecule has 5 atom stereocenters. The van der Waals surface area contributed by atoms with E-state index in [0.717, 1.165) is 24.2 Å². The zero-order valence-corrected chi connectivity index (χ0v) is 9.69. The topological polar surface area (TPSA) is 26.3 Å². The van der Waals surface area contributed by atoms with Crippen LogP contribution in [-0.4, -0.2) is 12.1 Å². The second kappa shape index (κ2) is 3.47. The minimum Gasteiger partial charge on any atom is -0.459 e. The molecule has 0 amide bonds. The molecule has 3 unspecified atom stereocenters. The van der Waals surface area contributed by atoms with Crippen LogP contribution < -0.4 is 0 Å². The van der Waals surface area contributed by atoms with Crippen LogP contribution in [-0.2, 0) is 9.53 Å². The molecule has 2 nitrogen and oxygen atoms in total. The molecule has 3 rings (SSSR count). The minimum atomic E-state index is -0.208. The van der Waals surface area contributed by atoms with Crippen LogP contribution in [0.15, 0.2) is 24.3 Å². The van der Waals surface area contributed by atoms with Crippen LogP contribution in [0.1, 0.15) is 26.2 Å². The first-order valence-electron chi connectivity index (χ1n) is 6.20. The first kappa shape index (κ1) is 10.1. The van der Waals surface area contributed by atoms with Crippen molar-refractivity contribution in [3.05, 3.63) is 24.3 Å². The summed E-state index contributed by atoms with van der Waals surface area (Å²) in [5, 5.41) is 0. The molecule has 16 heavy (non-hydrogen) atoms. The monoisotopic (exact) mass is 218 g/mol. The molecule has 86 valence electrons. The SMILES string of the molecule is C=C(C)C(=O)OC1C[C@H]2C[C@@H]1C1CC=CC12. The van der Waals surface area contributed by atoms with Crippen LogP contribution in [0.5, 0.6) is 0 Å². The highest BCUT2D eigenvalue weighted by Crippen LogP contribution is 2.57. The first-order valence-corrected chi connectivity index (χ1v) is 6.20. The third kappa shape index (κ3) is 1.35. The third-order valence-electron chi connectivity index (χ3n) is 4.55.